The number of carbonyl (C=O) groups excluding carboxylic acids is 1. The highest BCUT2D eigenvalue weighted by atomic mass is 16.2. The molecular weight excluding hydrogens is 302 g/mol. The Kier molecular flexibility index (Phi) is 4.54. The first-order valence-corrected chi connectivity index (χ1v) is 9.43. The van der Waals surface area contributed by atoms with Crippen LogP contribution in [0.25, 0.3) is 0 Å². The van der Waals surface area contributed by atoms with Crippen LogP contribution in [-0.4, -0.2) is 60.0 Å². The number of piperazine rings is 1. The first-order valence-electron chi connectivity index (χ1n) is 9.43. The van der Waals surface area contributed by atoms with Gasteiger partial charge in [0.15, 0.2) is 0 Å². The molecule has 1 saturated carbocycles. The van der Waals surface area contributed by atoms with Gasteiger partial charge < -0.3 is 14.7 Å². The van der Waals surface area contributed by atoms with Crippen molar-refractivity contribution in [2.45, 2.75) is 38.5 Å². The van der Waals surface area contributed by atoms with Crippen LogP contribution in [0.3, 0.4) is 0 Å². The molecule has 1 amide bonds. The third-order valence-electron chi connectivity index (χ3n) is 5.64. The molecule has 2 saturated heterocycles. The molecule has 0 unspecified atom stereocenters. The van der Waals surface area contributed by atoms with E-state index in [4.69, 9.17) is 4.98 Å². The maximum Gasteiger partial charge on any atom is 0.227 e. The van der Waals surface area contributed by atoms with E-state index in [1.165, 1.54) is 25.7 Å². The van der Waals surface area contributed by atoms with E-state index < -0.39 is 0 Å². The van der Waals surface area contributed by atoms with Gasteiger partial charge in [0.1, 0.15) is 5.82 Å². The summed E-state index contributed by atoms with van der Waals surface area (Å²) < 4.78 is 0. The molecule has 0 bridgehead atoms. The second-order valence-corrected chi connectivity index (χ2v) is 7.20. The quantitative estimate of drug-likeness (QED) is 0.848. The summed E-state index contributed by atoms with van der Waals surface area (Å²) in [6.45, 7) is 5.50. The van der Waals surface area contributed by atoms with E-state index in [0.29, 0.717) is 11.8 Å². The van der Waals surface area contributed by atoms with Gasteiger partial charge in [-0.15, -0.1) is 0 Å². The van der Waals surface area contributed by atoms with Crippen LogP contribution in [0.5, 0.6) is 0 Å². The largest absolute Gasteiger partial charge is 0.353 e. The standard InChI is InChI=1S/C18H27N5O/c24-17(15-5-4-6-15)22-13-11-21(12-14-22)16-7-8-19-18(20-16)23-9-2-1-3-10-23/h7-8,15H,1-6,9-14H2. The molecule has 0 atom stereocenters. The third kappa shape index (κ3) is 3.19. The fourth-order valence-electron chi connectivity index (χ4n) is 3.83. The Morgan fingerprint density at radius 2 is 1.67 bits per heavy atom. The molecular formula is C18H27N5O. The monoisotopic (exact) mass is 329 g/mol. The van der Waals surface area contributed by atoms with Crippen molar-refractivity contribution in [2.24, 2.45) is 5.92 Å². The predicted molar refractivity (Wildman–Crippen MR) is 94.2 cm³/mol. The van der Waals surface area contributed by atoms with E-state index in [-0.39, 0.29) is 0 Å². The molecule has 6 nitrogen and oxygen atoms in total. The first kappa shape index (κ1) is 15.7. The van der Waals surface area contributed by atoms with Crippen molar-refractivity contribution in [3.63, 3.8) is 0 Å². The Morgan fingerprint density at radius 3 is 2.33 bits per heavy atom. The Bertz CT molecular complexity index is 575. The van der Waals surface area contributed by atoms with Crippen molar-refractivity contribution in [1.29, 1.82) is 0 Å². The lowest BCUT2D eigenvalue weighted by Crippen LogP contribution is -2.51. The molecule has 3 aliphatic rings. The summed E-state index contributed by atoms with van der Waals surface area (Å²) in [4.78, 5) is 28.3. The molecule has 24 heavy (non-hydrogen) atoms. The van der Waals surface area contributed by atoms with Crippen molar-refractivity contribution in [3.05, 3.63) is 12.3 Å². The second kappa shape index (κ2) is 6.95. The molecule has 0 aromatic carbocycles. The molecule has 130 valence electrons. The lowest BCUT2D eigenvalue weighted by Gasteiger charge is -2.38. The van der Waals surface area contributed by atoms with Gasteiger partial charge in [-0.25, -0.2) is 4.98 Å². The smallest absolute Gasteiger partial charge is 0.227 e. The number of piperidine rings is 1. The van der Waals surface area contributed by atoms with E-state index in [1.807, 2.05) is 17.2 Å². The van der Waals surface area contributed by atoms with Crippen LogP contribution in [-0.2, 0) is 4.79 Å². The SMILES string of the molecule is O=C(C1CCC1)N1CCN(c2ccnc(N3CCCCC3)n2)CC1. The number of hydrogen-bond acceptors (Lipinski definition) is 5. The molecule has 0 radical (unpaired) electrons. The van der Waals surface area contributed by atoms with Gasteiger partial charge in [-0.2, -0.15) is 4.98 Å². The second-order valence-electron chi connectivity index (χ2n) is 7.20. The van der Waals surface area contributed by atoms with Crippen molar-refractivity contribution in [1.82, 2.24) is 14.9 Å². The molecule has 3 heterocycles. The zero-order valence-corrected chi connectivity index (χ0v) is 14.4. The normalized spacial score (nSPS) is 22.4. The molecule has 4 rings (SSSR count). The van der Waals surface area contributed by atoms with Gasteiger partial charge in [0.25, 0.3) is 0 Å². The zero-order valence-electron chi connectivity index (χ0n) is 14.4. The summed E-state index contributed by atoms with van der Waals surface area (Å²) >= 11 is 0. The number of anilines is 2. The van der Waals surface area contributed by atoms with E-state index in [9.17, 15) is 4.79 Å². The van der Waals surface area contributed by atoms with Gasteiger partial charge >= 0.3 is 0 Å². The van der Waals surface area contributed by atoms with E-state index >= 15 is 0 Å². The molecule has 1 aliphatic carbocycles. The van der Waals surface area contributed by atoms with Crippen molar-refractivity contribution < 1.29 is 4.79 Å². The summed E-state index contributed by atoms with van der Waals surface area (Å²) in [5, 5.41) is 0. The highest BCUT2D eigenvalue weighted by Gasteiger charge is 2.31. The third-order valence-corrected chi connectivity index (χ3v) is 5.64. The van der Waals surface area contributed by atoms with Gasteiger partial charge in [-0.1, -0.05) is 6.42 Å². The Hall–Kier alpha value is -1.85. The molecule has 6 heteroatoms. The molecule has 1 aromatic rings. The Morgan fingerprint density at radius 1 is 0.917 bits per heavy atom. The summed E-state index contributed by atoms with van der Waals surface area (Å²) in [5.74, 6) is 2.54. The maximum absolute atomic E-state index is 12.4. The molecule has 1 aromatic heterocycles. The topological polar surface area (TPSA) is 52.6 Å². The fraction of sp³-hybridized carbons (Fsp3) is 0.722. The van der Waals surface area contributed by atoms with Gasteiger partial charge in [0, 0.05) is 51.4 Å². The summed E-state index contributed by atoms with van der Waals surface area (Å²) in [5.41, 5.74) is 0. The minimum absolute atomic E-state index is 0.307. The van der Waals surface area contributed by atoms with E-state index in [0.717, 1.165) is 63.9 Å². The van der Waals surface area contributed by atoms with Crippen LogP contribution in [0.1, 0.15) is 38.5 Å². The lowest BCUT2D eigenvalue weighted by molar-refractivity contribution is -0.138. The average molecular weight is 329 g/mol. The number of nitrogens with zero attached hydrogens (tertiary/aromatic N) is 5. The molecule has 0 spiro atoms. The summed E-state index contributed by atoms with van der Waals surface area (Å²) in [7, 11) is 0. The average Bonchev–Trinajstić information content (AvgIpc) is 2.61. The van der Waals surface area contributed by atoms with Crippen LogP contribution in [0, 0.1) is 5.92 Å². The van der Waals surface area contributed by atoms with E-state index in [1.54, 1.807) is 0 Å². The molecule has 2 aliphatic heterocycles. The van der Waals surface area contributed by atoms with Crippen molar-refractivity contribution in [2.75, 3.05) is 49.1 Å². The minimum Gasteiger partial charge on any atom is -0.353 e. The fourth-order valence-corrected chi connectivity index (χ4v) is 3.83. The number of rotatable bonds is 3. The van der Waals surface area contributed by atoms with Crippen LogP contribution in [0.4, 0.5) is 11.8 Å². The predicted octanol–water partition coefficient (Wildman–Crippen LogP) is 1.92. The van der Waals surface area contributed by atoms with Crippen molar-refractivity contribution >= 4 is 17.7 Å². The number of amides is 1. The van der Waals surface area contributed by atoms with Gasteiger partial charge in [-0.05, 0) is 38.2 Å². The van der Waals surface area contributed by atoms with Gasteiger partial charge in [0.2, 0.25) is 11.9 Å². The minimum atomic E-state index is 0.307. The van der Waals surface area contributed by atoms with E-state index in [2.05, 4.69) is 14.8 Å². The summed E-state index contributed by atoms with van der Waals surface area (Å²) in [6, 6.07) is 2.00. The van der Waals surface area contributed by atoms with Crippen LogP contribution in [0.15, 0.2) is 12.3 Å². The van der Waals surface area contributed by atoms with Crippen molar-refractivity contribution in [3.8, 4) is 0 Å². The Labute approximate surface area is 143 Å². The van der Waals surface area contributed by atoms with Crippen LogP contribution >= 0.6 is 0 Å². The number of hydrogen-bond donors (Lipinski definition) is 0. The number of carbonyl (C=O) groups is 1. The van der Waals surface area contributed by atoms with Crippen LogP contribution < -0.4 is 9.80 Å². The molecule has 3 fully saturated rings. The first-order chi connectivity index (χ1) is 11.8. The highest BCUT2D eigenvalue weighted by Crippen LogP contribution is 2.29. The Balaban J connectivity index is 1.37. The number of aromatic nitrogens is 2. The van der Waals surface area contributed by atoms with Gasteiger partial charge in [-0.3, -0.25) is 4.79 Å². The lowest BCUT2D eigenvalue weighted by atomic mass is 9.84. The van der Waals surface area contributed by atoms with Crippen LogP contribution in [0.2, 0.25) is 0 Å². The maximum atomic E-state index is 12.4. The summed E-state index contributed by atoms with van der Waals surface area (Å²) in [6.07, 6.45) is 9.04. The molecule has 0 N–H and O–H groups in total. The highest BCUT2D eigenvalue weighted by molar-refractivity contribution is 5.79. The zero-order chi connectivity index (χ0) is 16.4. The van der Waals surface area contributed by atoms with Gasteiger partial charge in [0.05, 0.1) is 0 Å².